The molecule has 0 aromatic heterocycles. The minimum Gasteiger partial charge on any atom is -0.399 e. The van der Waals surface area contributed by atoms with E-state index in [9.17, 15) is 0 Å². The Morgan fingerprint density at radius 2 is 1.44 bits per heavy atom. The summed E-state index contributed by atoms with van der Waals surface area (Å²) in [5, 5.41) is 0. The number of benzene rings is 2. The summed E-state index contributed by atoms with van der Waals surface area (Å²) in [6, 6.07) is 18.7. The monoisotopic (exact) mass is 240 g/mol. The molecule has 2 aromatic carbocycles. The lowest BCUT2D eigenvalue weighted by Crippen LogP contribution is -2.06. The molecule has 0 aliphatic carbocycles. The highest BCUT2D eigenvalue weighted by Crippen LogP contribution is 2.29. The smallest absolute Gasteiger partial charge is 0.0314 e. The van der Waals surface area contributed by atoms with Crippen LogP contribution < -0.4 is 11.5 Å². The summed E-state index contributed by atoms with van der Waals surface area (Å²) in [6.45, 7) is 0.734. The first-order valence-electron chi connectivity index (χ1n) is 6.41. The molecule has 4 N–H and O–H groups in total. The lowest BCUT2D eigenvalue weighted by atomic mass is 9.87. The first-order chi connectivity index (χ1) is 8.81. The van der Waals surface area contributed by atoms with Crippen LogP contribution in [0.3, 0.4) is 0 Å². The molecule has 1 atom stereocenters. The highest BCUT2D eigenvalue weighted by atomic mass is 14.5. The Kier molecular flexibility index (Phi) is 4.37. The third kappa shape index (κ3) is 3.11. The normalized spacial score (nSPS) is 12.3. The zero-order chi connectivity index (χ0) is 12.8. The molecule has 0 aliphatic rings. The molecule has 2 aromatic rings. The van der Waals surface area contributed by atoms with E-state index >= 15 is 0 Å². The molecule has 0 fully saturated rings. The van der Waals surface area contributed by atoms with E-state index in [2.05, 4.69) is 36.4 Å². The number of anilines is 1. The van der Waals surface area contributed by atoms with Crippen LogP contribution in [-0.2, 0) is 0 Å². The van der Waals surface area contributed by atoms with Crippen molar-refractivity contribution in [3.8, 4) is 0 Å². The van der Waals surface area contributed by atoms with Crippen LogP contribution in [-0.4, -0.2) is 6.54 Å². The van der Waals surface area contributed by atoms with Gasteiger partial charge in [-0.3, -0.25) is 0 Å². The largest absolute Gasteiger partial charge is 0.399 e. The molecule has 0 bridgehead atoms. The zero-order valence-electron chi connectivity index (χ0n) is 10.5. The molecule has 2 heteroatoms. The minimum absolute atomic E-state index is 0.412. The van der Waals surface area contributed by atoms with Crippen molar-refractivity contribution >= 4 is 5.69 Å². The van der Waals surface area contributed by atoms with E-state index in [4.69, 9.17) is 11.5 Å². The number of nitrogen functional groups attached to an aromatic ring is 1. The lowest BCUT2D eigenvalue weighted by Gasteiger charge is -2.18. The van der Waals surface area contributed by atoms with E-state index in [-0.39, 0.29) is 0 Å². The molecular formula is C16H20N2. The summed E-state index contributed by atoms with van der Waals surface area (Å²) >= 11 is 0. The lowest BCUT2D eigenvalue weighted by molar-refractivity contribution is 0.669. The third-order valence-electron chi connectivity index (χ3n) is 3.24. The predicted molar refractivity (Wildman–Crippen MR) is 77.4 cm³/mol. The van der Waals surface area contributed by atoms with Gasteiger partial charge in [0.25, 0.3) is 0 Å². The second-order valence-electron chi connectivity index (χ2n) is 4.56. The van der Waals surface area contributed by atoms with Crippen LogP contribution >= 0.6 is 0 Å². The van der Waals surface area contributed by atoms with E-state index < -0.39 is 0 Å². The van der Waals surface area contributed by atoms with Gasteiger partial charge in [-0.05, 0) is 42.6 Å². The Hall–Kier alpha value is -1.80. The van der Waals surface area contributed by atoms with Crippen LogP contribution in [0.1, 0.15) is 29.9 Å². The second-order valence-corrected chi connectivity index (χ2v) is 4.56. The standard InChI is InChI=1S/C16H20N2/c17-12-4-7-16(13-5-2-1-3-6-13)14-8-10-15(18)11-9-14/h1-3,5-6,8-11,16H,4,7,12,17-18H2. The van der Waals surface area contributed by atoms with Gasteiger partial charge in [0.05, 0.1) is 0 Å². The average molecular weight is 240 g/mol. The fourth-order valence-electron chi connectivity index (χ4n) is 2.26. The Labute approximate surface area is 109 Å². The van der Waals surface area contributed by atoms with E-state index in [0.29, 0.717) is 5.92 Å². The van der Waals surface area contributed by atoms with Crippen molar-refractivity contribution in [1.29, 1.82) is 0 Å². The van der Waals surface area contributed by atoms with Gasteiger partial charge < -0.3 is 11.5 Å². The van der Waals surface area contributed by atoms with E-state index in [1.54, 1.807) is 0 Å². The fraction of sp³-hybridized carbons (Fsp3) is 0.250. The molecule has 0 heterocycles. The summed E-state index contributed by atoms with van der Waals surface area (Å²) in [7, 11) is 0. The Balaban J connectivity index is 2.27. The second kappa shape index (κ2) is 6.22. The molecule has 0 saturated carbocycles. The van der Waals surface area contributed by atoms with Gasteiger partial charge in [0.2, 0.25) is 0 Å². The third-order valence-corrected chi connectivity index (χ3v) is 3.24. The van der Waals surface area contributed by atoms with E-state index in [1.807, 2.05) is 18.2 Å². The molecular weight excluding hydrogens is 220 g/mol. The summed E-state index contributed by atoms with van der Waals surface area (Å²) in [4.78, 5) is 0. The van der Waals surface area contributed by atoms with Gasteiger partial charge in [0.15, 0.2) is 0 Å². The predicted octanol–water partition coefficient (Wildman–Crippen LogP) is 3.14. The SMILES string of the molecule is NCCCC(c1ccccc1)c1ccc(N)cc1. The molecule has 0 spiro atoms. The van der Waals surface area contributed by atoms with Gasteiger partial charge in [-0.25, -0.2) is 0 Å². The van der Waals surface area contributed by atoms with Gasteiger partial charge in [-0.1, -0.05) is 42.5 Å². The van der Waals surface area contributed by atoms with Gasteiger partial charge in [0.1, 0.15) is 0 Å². The van der Waals surface area contributed by atoms with Gasteiger partial charge >= 0.3 is 0 Å². The van der Waals surface area contributed by atoms with E-state index in [1.165, 1.54) is 11.1 Å². The summed E-state index contributed by atoms with van der Waals surface area (Å²) in [6.07, 6.45) is 2.11. The number of rotatable bonds is 5. The summed E-state index contributed by atoms with van der Waals surface area (Å²) in [5.41, 5.74) is 14.8. The van der Waals surface area contributed by atoms with Crippen molar-refractivity contribution in [3.05, 3.63) is 65.7 Å². The van der Waals surface area contributed by atoms with Crippen LogP contribution in [0.15, 0.2) is 54.6 Å². The first kappa shape index (κ1) is 12.7. The Morgan fingerprint density at radius 1 is 0.833 bits per heavy atom. The van der Waals surface area contributed by atoms with Crippen LogP contribution in [0.5, 0.6) is 0 Å². The van der Waals surface area contributed by atoms with Crippen LogP contribution in [0.4, 0.5) is 5.69 Å². The van der Waals surface area contributed by atoms with Crippen LogP contribution in [0.25, 0.3) is 0 Å². The van der Waals surface area contributed by atoms with Gasteiger partial charge in [-0.2, -0.15) is 0 Å². The minimum atomic E-state index is 0.412. The van der Waals surface area contributed by atoms with Crippen LogP contribution in [0.2, 0.25) is 0 Å². The van der Waals surface area contributed by atoms with Crippen molar-refractivity contribution in [3.63, 3.8) is 0 Å². The zero-order valence-corrected chi connectivity index (χ0v) is 10.5. The maximum atomic E-state index is 5.75. The van der Waals surface area contributed by atoms with Gasteiger partial charge in [0, 0.05) is 11.6 Å². The Bertz CT molecular complexity index is 462. The number of hydrogen-bond acceptors (Lipinski definition) is 2. The van der Waals surface area contributed by atoms with Crippen molar-refractivity contribution in [1.82, 2.24) is 0 Å². The average Bonchev–Trinajstić information content (AvgIpc) is 2.42. The molecule has 2 nitrogen and oxygen atoms in total. The quantitative estimate of drug-likeness (QED) is 0.789. The van der Waals surface area contributed by atoms with Crippen molar-refractivity contribution < 1.29 is 0 Å². The van der Waals surface area contributed by atoms with E-state index in [0.717, 1.165) is 25.1 Å². The molecule has 18 heavy (non-hydrogen) atoms. The molecule has 0 saturated heterocycles. The number of hydrogen-bond donors (Lipinski definition) is 2. The molecule has 0 radical (unpaired) electrons. The highest BCUT2D eigenvalue weighted by Gasteiger charge is 2.13. The number of nitrogens with two attached hydrogens (primary N) is 2. The summed E-state index contributed by atoms with van der Waals surface area (Å²) in [5.74, 6) is 0.412. The topological polar surface area (TPSA) is 52.0 Å². The summed E-state index contributed by atoms with van der Waals surface area (Å²) < 4.78 is 0. The maximum absolute atomic E-state index is 5.75. The van der Waals surface area contributed by atoms with Crippen molar-refractivity contribution in [2.75, 3.05) is 12.3 Å². The van der Waals surface area contributed by atoms with Crippen molar-refractivity contribution in [2.24, 2.45) is 5.73 Å². The highest BCUT2D eigenvalue weighted by molar-refractivity contribution is 5.42. The van der Waals surface area contributed by atoms with Crippen LogP contribution in [0, 0.1) is 0 Å². The molecule has 94 valence electrons. The van der Waals surface area contributed by atoms with Crippen molar-refractivity contribution in [2.45, 2.75) is 18.8 Å². The molecule has 0 aliphatic heterocycles. The molecule has 1 unspecified atom stereocenters. The maximum Gasteiger partial charge on any atom is 0.0314 e. The van der Waals surface area contributed by atoms with Gasteiger partial charge in [-0.15, -0.1) is 0 Å². The molecule has 2 rings (SSSR count). The Morgan fingerprint density at radius 3 is 2.06 bits per heavy atom. The molecule has 0 amide bonds. The first-order valence-corrected chi connectivity index (χ1v) is 6.41. The fourth-order valence-corrected chi connectivity index (χ4v) is 2.26.